The van der Waals surface area contributed by atoms with E-state index in [4.69, 9.17) is 0 Å². The summed E-state index contributed by atoms with van der Waals surface area (Å²) >= 11 is 0. The summed E-state index contributed by atoms with van der Waals surface area (Å²) in [5.41, 5.74) is 0.488. The fourth-order valence-corrected chi connectivity index (χ4v) is 0.246. The summed E-state index contributed by atoms with van der Waals surface area (Å²) in [6.07, 6.45) is 1.39. The molecule has 0 saturated carbocycles. The Labute approximate surface area is 43.4 Å². The molecule has 0 spiro atoms. The highest BCUT2D eigenvalue weighted by atomic mass is 19.1. The minimum atomic E-state index is -0.222. The second-order valence-corrected chi connectivity index (χ2v) is 1.42. The Morgan fingerprint density at radius 1 is 1.71 bits per heavy atom. The lowest BCUT2D eigenvalue weighted by Crippen LogP contribution is -1.68. The van der Waals surface area contributed by atoms with E-state index in [-0.39, 0.29) is 5.83 Å². The summed E-state index contributed by atoms with van der Waals surface area (Å²) in [7, 11) is 0. The van der Waals surface area contributed by atoms with Gasteiger partial charge in [-0.3, -0.25) is 0 Å². The van der Waals surface area contributed by atoms with Crippen molar-refractivity contribution < 1.29 is 4.39 Å². The lowest BCUT2D eigenvalue weighted by molar-refractivity contribution is 0.650. The minimum Gasteiger partial charge on any atom is -0.207 e. The van der Waals surface area contributed by atoms with Crippen LogP contribution in [0.4, 0.5) is 4.39 Å². The monoisotopic (exact) mass is 100 g/mol. The predicted molar refractivity (Wildman–Crippen MR) is 29.7 cm³/mol. The van der Waals surface area contributed by atoms with Crippen LogP contribution in [0, 0.1) is 0 Å². The van der Waals surface area contributed by atoms with Gasteiger partial charge in [0.05, 0.1) is 0 Å². The first-order valence-electron chi connectivity index (χ1n) is 2.16. The van der Waals surface area contributed by atoms with Crippen molar-refractivity contribution >= 4 is 0 Å². The van der Waals surface area contributed by atoms with Crippen molar-refractivity contribution in [3.8, 4) is 0 Å². The number of hydrogen-bond acceptors (Lipinski definition) is 0. The van der Waals surface area contributed by atoms with Crippen LogP contribution in [0.5, 0.6) is 0 Å². The van der Waals surface area contributed by atoms with Gasteiger partial charge in [0.25, 0.3) is 0 Å². The van der Waals surface area contributed by atoms with E-state index >= 15 is 0 Å². The Bertz CT molecular complexity index is 101. The van der Waals surface area contributed by atoms with Gasteiger partial charge in [0.15, 0.2) is 0 Å². The lowest BCUT2D eigenvalue weighted by Gasteiger charge is -1.86. The average molecular weight is 100 g/mol. The number of hydrogen-bond donors (Lipinski definition) is 0. The van der Waals surface area contributed by atoms with Crippen molar-refractivity contribution in [1.82, 2.24) is 0 Å². The zero-order chi connectivity index (χ0) is 5.86. The Morgan fingerprint density at radius 3 is 2.14 bits per heavy atom. The molecular formula is C6H9F. The number of halogens is 1. The lowest BCUT2D eigenvalue weighted by atomic mass is 10.3. The Balaban J connectivity index is 3.82. The molecule has 0 aromatic heterocycles. The van der Waals surface area contributed by atoms with Gasteiger partial charge in [0, 0.05) is 0 Å². The van der Waals surface area contributed by atoms with Crippen molar-refractivity contribution in [2.75, 3.05) is 0 Å². The molecule has 0 unspecified atom stereocenters. The van der Waals surface area contributed by atoms with E-state index < -0.39 is 0 Å². The SMILES string of the molecule is C=C(C)/C(F)=C\C. The zero-order valence-electron chi connectivity index (χ0n) is 4.66. The molecule has 0 aliphatic rings. The highest BCUT2D eigenvalue weighted by Gasteiger charge is 1.87. The van der Waals surface area contributed by atoms with E-state index in [9.17, 15) is 4.39 Å². The standard InChI is InChI=1S/C6H9F/c1-4-6(7)5(2)3/h4H,2H2,1,3H3/b6-4+. The van der Waals surface area contributed by atoms with E-state index in [2.05, 4.69) is 6.58 Å². The largest absolute Gasteiger partial charge is 0.207 e. The van der Waals surface area contributed by atoms with Crippen molar-refractivity contribution in [3.05, 3.63) is 24.1 Å². The van der Waals surface area contributed by atoms with Gasteiger partial charge in [0.2, 0.25) is 0 Å². The van der Waals surface area contributed by atoms with Crippen LogP contribution in [0.3, 0.4) is 0 Å². The molecule has 0 radical (unpaired) electrons. The van der Waals surface area contributed by atoms with E-state index in [1.807, 2.05) is 0 Å². The summed E-state index contributed by atoms with van der Waals surface area (Å²) in [6, 6.07) is 0. The van der Waals surface area contributed by atoms with Crippen molar-refractivity contribution in [3.63, 3.8) is 0 Å². The first-order valence-corrected chi connectivity index (χ1v) is 2.16. The van der Waals surface area contributed by atoms with Crippen LogP contribution < -0.4 is 0 Å². The van der Waals surface area contributed by atoms with Crippen LogP contribution in [0.25, 0.3) is 0 Å². The number of rotatable bonds is 1. The first-order chi connectivity index (χ1) is 3.18. The average Bonchev–Trinajstić information content (AvgIpc) is 1.65. The highest BCUT2D eigenvalue weighted by Crippen LogP contribution is 2.05. The van der Waals surface area contributed by atoms with Gasteiger partial charge < -0.3 is 0 Å². The van der Waals surface area contributed by atoms with Gasteiger partial charge in [-0.2, -0.15) is 0 Å². The van der Waals surface area contributed by atoms with Crippen LogP contribution in [0.15, 0.2) is 24.1 Å². The molecule has 0 heterocycles. The third kappa shape index (κ3) is 2.15. The second kappa shape index (κ2) is 2.56. The predicted octanol–water partition coefficient (Wildman–Crippen LogP) is 2.44. The molecule has 0 saturated heterocycles. The van der Waals surface area contributed by atoms with Crippen LogP contribution in [0.1, 0.15) is 13.8 Å². The summed E-state index contributed by atoms with van der Waals surface area (Å²) in [4.78, 5) is 0. The smallest absolute Gasteiger partial charge is 0.121 e. The molecule has 7 heavy (non-hydrogen) atoms. The van der Waals surface area contributed by atoms with Gasteiger partial charge in [-0.05, 0) is 19.4 Å². The van der Waals surface area contributed by atoms with Crippen LogP contribution >= 0.6 is 0 Å². The molecule has 0 nitrogen and oxygen atoms in total. The molecule has 1 heteroatoms. The van der Waals surface area contributed by atoms with Gasteiger partial charge in [-0.15, -0.1) is 0 Å². The molecule has 0 bridgehead atoms. The van der Waals surface area contributed by atoms with Gasteiger partial charge in [-0.25, -0.2) is 4.39 Å². The molecule has 0 aromatic rings. The second-order valence-electron chi connectivity index (χ2n) is 1.42. The maximum Gasteiger partial charge on any atom is 0.121 e. The maximum atomic E-state index is 12.0. The van der Waals surface area contributed by atoms with Crippen LogP contribution in [0.2, 0.25) is 0 Å². The normalized spacial score (nSPS) is 11.6. The molecule has 0 fully saturated rings. The third-order valence-corrected chi connectivity index (χ3v) is 0.661. The molecule has 0 N–H and O–H groups in total. The molecule has 0 aliphatic heterocycles. The Morgan fingerprint density at radius 2 is 2.14 bits per heavy atom. The summed E-state index contributed by atoms with van der Waals surface area (Å²) in [5.74, 6) is -0.222. The van der Waals surface area contributed by atoms with E-state index in [0.717, 1.165) is 0 Å². The Hall–Kier alpha value is -0.590. The van der Waals surface area contributed by atoms with Crippen molar-refractivity contribution in [2.24, 2.45) is 0 Å². The Kier molecular flexibility index (Phi) is 2.34. The number of allylic oxidation sites excluding steroid dienone is 3. The van der Waals surface area contributed by atoms with E-state index in [1.54, 1.807) is 13.8 Å². The van der Waals surface area contributed by atoms with Gasteiger partial charge in [0.1, 0.15) is 5.83 Å². The van der Waals surface area contributed by atoms with Gasteiger partial charge in [-0.1, -0.05) is 12.7 Å². The quantitative estimate of drug-likeness (QED) is 0.444. The van der Waals surface area contributed by atoms with Crippen LogP contribution in [-0.4, -0.2) is 0 Å². The molecule has 0 atom stereocenters. The fraction of sp³-hybridized carbons (Fsp3) is 0.333. The van der Waals surface area contributed by atoms with E-state index in [1.165, 1.54) is 6.08 Å². The topological polar surface area (TPSA) is 0 Å². The molecule has 0 rings (SSSR count). The van der Waals surface area contributed by atoms with Crippen molar-refractivity contribution in [2.45, 2.75) is 13.8 Å². The van der Waals surface area contributed by atoms with Crippen molar-refractivity contribution in [1.29, 1.82) is 0 Å². The van der Waals surface area contributed by atoms with E-state index in [0.29, 0.717) is 5.57 Å². The molecule has 40 valence electrons. The first kappa shape index (κ1) is 6.41. The fourth-order valence-electron chi connectivity index (χ4n) is 0.246. The molecular weight excluding hydrogens is 91.1 g/mol. The van der Waals surface area contributed by atoms with Gasteiger partial charge >= 0.3 is 0 Å². The molecule has 0 aliphatic carbocycles. The molecule has 0 amide bonds. The zero-order valence-corrected chi connectivity index (χ0v) is 4.66. The summed E-state index contributed by atoms with van der Waals surface area (Å²) in [6.45, 7) is 6.66. The highest BCUT2D eigenvalue weighted by molar-refractivity contribution is 5.17. The summed E-state index contributed by atoms with van der Waals surface area (Å²) < 4.78 is 12.0. The maximum absolute atomic E-state index is 12.0. The molecule has 0 aromatic carbocycles. The third-order valence-electron chi connectivity index (χ3n) is 0.661. The van der Waals surface area contributed by atoms with Crippen LogP contribution in [-0.2, 0) is 0 Å². The minimum absolute atomic E-state index is 0.222. The summed E-state index contributed by atoms with van der Waals surface area (Å²) in [5, 5.41) is 0.